The number of aromatic nitrogens is 5. The lowest BCUT2D eigenvalue weighted by Crippen LogP contribution is -2.49. The Balaban J connectivity index is 1.06. The molecule has 12 heteroatoms. The number of amides is 2. The van der Waals surface area contributed by atoms with Crippen LogP contribution in [0.25, 0.3) is 11.2 Å². The molecule has 0 aliphatic carbocycles. The molecule has 0 radical (unpaired) electrons. The highest BCUT2D eigenvalue weighted by atomic mass is 16.6. The number of ether oxygens (including phenoxy) is 1. The number of hydrogen-bond donors (Lipinski definition) is 1. The molecule has 2 aliphatic heterocycles. The van der Waals surface area contributed by atoms with Gasteiger partial charge in [0.2, 0.25) is 5.95 Å². The molecule has 218 valence electrons. The Morgan fingerprint density at radius 1 is 0.976 bits per heavy atom. The third-order valence-electron chi connectivity index (χ3n) is 7.72. The van der Waals surface area contributed by atoms with Crippen LogP contribution in [0.3, 0.4) is 0 Å². The number of rotatable bonds is 8. The zero-order chi connectivity index (χ0) is 28.9. The van der Waals surface area contributed by atoms with E-state index in [9.17, 15) is 9.59 Å². The molecule has 1 fully saturated rings. The molecular formula is C30H35N9O3. The van der Waals surface area contributed by atoms with Crippen molar-refractivity contribution in [2.24, 2.45) is 0 Å². The van der Waals surface area contributed by atoms with E-state index in [0.717, 1.165) is 48.7 Å². The summed E-state index contributed by atoms with van der Waals surface area (Å²) in [6.07, 6.45) is 9.94. The predicted molar refractivity (Wildman–Crippen MR) is 158 cm³/mol. The van der Waals surface area contributed by atoms with Crippen molar-refractivity contribution >= 4 is 34.9 Å². The summed E-state index contributed by atoms with van der Waals surface area (Å²) in [4.78, 5) is 40.0. The van der Waals surface area contributed by atoms with Gasteiger partial charge in [0.1, 0.15) is 0 Å². The average molecular weight is 570 g/mol. The maximum absolute atomic E-state index is 13.1. The molecule has 2 aliphatic rings. The first kappa shape index (κ1) is 27.5. The number of imidazole rings is 1. The van der Waals surface area contributed by atoms with Gasteiger partial charge in [-0.15, -0.1) is 5.10 Å². The minimum atomic E-state index is -0.284. The van der Waals surface area contributed by atoms with E-state index in [0.29, 0.717) is 50.7 Å². The number of nitrogens with zero attached hydrogens (tertiary/aromatic N) is 8. The molecule has 0 saturated carbocycles. The quantitative estimate of drug-likeness (QED) is 0.344. The summed E-state index contributed by atoms with van der Waals surface area (Å²) in [6, 6.07) is 11.4. The summed E-state index contributed by atoms with van der Waals surface area (Å²) < 4.78 is 8.95. The van der Waals surface area contributed by atoms with Crippen molar-refractivity contribution in [2.45, 2.75) is 19.9 Å². The zero-order valence-corrected chi connectivity index (χ0v) is 23.7. The number of piperazine rings is 1. The second kappa shape index (κ2) is 12.4. The van der Waals surface area contributed by atoms with Crippen LogP contribution in [0.15, 0.2) is 67.4 Å². The first-order chi connectivity index (χ1) is 20.6. The van der Waals surface area contributed by atoms with E-state index in [1.807, 2.05) is 66.9 Å². The lowest BCUT2D eigenvalue weighted by molar-refractivity contribution is 0.0633. The molecule has 6 rings (SSSR count). The predicted octanol–water partition coefficient (Wildman–Crippen LogP) is 3.37. The summed E-state index contributed by atoms with van der Waals surface area (Å²) in [5, 5.41) is 7.86. The average Bonchev–Trinajstić information content (AvgIpc) is 3.70. The van der Waals surface area contributed by atoms with E-state index < -0.39 is 0 Å². The van der Waals surface area contributed by atoms with Crippen molar-refractivity contribution in [3.05, 3.63) is 78.5 Å². The zero-order valence-electron chi connectivity index (χ0n) is 23.7. The molecule has 5 heterocycles. The second-order valence-corrected chi connectivity index (χ2v) is 10.4. The number of fused-ring (bicyclic) bond motifs is 1. The highest BCUT2D eigenvalue weighted by molar-refractivity contribution is 5.94. The lowest BCUT2D eigenvalue weighted by Gasteiger charge is -2.34. The van der Waals surface area contributed by atoms with Gasteiger partial charge in [0.05, 0.1) is 12.9 Å². The Hall–Kier alpha value is -4.71. The maximum Gasteiger partial charge on any atom is 0.410 e. The summed E-state index contributed by atoms with van der Waals surface area (Å²) in [7, 11) is 0. The van der Waals surface area contributed by atoms with Gasteiger partial charge in [-0.2, -0.15) is 4.98 Å². The molecule has 0 bridgehead atoms. The van der Waals surface area contributed by atoms with Crippen LogP contribution in [-0.4, -0.2) is 103 Å². The standard InChI is InChI=1S/C30H35N9O3/c1-2-42-30(41)38-13-9-23(10-14-38)26-4-3-12-39-27(26)33-29(34-39)32-25-7-5-24(6-8-25)28(40)37-20-18-35(19-21-37)16-17-36-15-11-31-22-36/h3-9,11-12,15,22H,2,10,13-14,16-21H2,1H3,(H,32,34). The van der Waals surface area contributed by atoms with Crippen LogP contribution in [0.5, 0.6) is 0 Å². The number of anilines is 2. The first-order valence-electron chi connectivity index (χ1n) is 14.4. The SMILES string of the molecule is CCOC(=O)N1CC=C(c2cccn3nc(Nc4ccc(C(=O)N5CCN(CCn6ccnc6)CC5)cc4)nc23)CC1. The Kier molecular flexibility index (Phi) is 8.13. The minimum absolute atomic E-state index is 0.0496. The lowest BCUT2D eigenvalue weighted by atomic mass is 10.0. The van der Waals surface area contributed by atoms with Gasteiger partial charge >= 0.3 is 6.09 Å². The summed E-state index contributed by atoms with van der Waals surface area (Å²) in [5.41, 5.74) is 4.33. The number of carbonyl (C=O) groups excluding carboxylic acids is 2. The largest absolute Gasteiger partial charge is 0.450 e. The molecule has 12 nitrogen and oxygen atoms in total. The van der Waals surface area contributed by atoms with Crippen LogP contribution < -0.4 is 5.32 Å². The van der Waals surface area contributed by atoms with Gasteiger partial charge in [-0.3, -0.25) is 9.69 Å². The van der Waals surface area contributed by atoms with Crippen molar-refractivity contribution in [2.75, 3.05) is 57.7 Å². The van der Waals surface area contributed by atoms with E-state index in [-0.39, 0.29) is 12.0 Å². The first-order valence-corrected chi connectivity index (χ1v) is 14.4. The minimum Gasteiger partial charge on any atom is -0.450 e. The Morgan fingerprint density at radius 2 is 1.81 bits per heavy atom. The van der Waals surface area contributed by atoms with Crippen LogP contribution in [0.4, 0.5) is 16.4 Å². The van der Waals surface area contributed by atoms with Gasteiger partial charge in [-0.1, -0.05) is 6.08 Å². The molecule has 1 N–H and O–H groups in total. The van der Waals surface area contributed by atoms with Gasteiger partial charge in [0, 0.05) is 87.8 Å². The molecule has 1 saturated heterocycles. The number of carbonyl (C=O) groups is 2. The van der Waals surface area contributed by atoms with Crippen molar-refractivity contribution < 1.29 is 14.3 Å². The van der Waals surface area contributed by atoms with Crippen molar-refractivity contribution in [1.82, 2.24) is 38.8 Å². The normalized spacial score (nSPS) is 16.0. The molecule has 42 heavy (non-hydrogen) atoms. The van der Waals surface area contributed by atoms with Crippen molar-refractivity contribution in [1.29, 1.82) is 0 Å². The monoisotopic (exact) mass is 569 g/mol. The van der Waals surface area contributed by atoms with Gasteiger partial charge in [-0.05, 0) is 55.3 Å². The molecule has 3 aromatic heterocycles. The Bertz CT molecular complexity index is 1550. The van der Waals surface area contributed by atoms with E-state index in [1.54, 1.807) is 15.6 Å². The molecule has 0 unspecified atom stereocenters. The van der Waals surface area contributed by atoms with E-state index in [1.165, 1.54) is 0 Å². The fourth-order valence-corrected chi connectivity index (χ4v) is 5.36. The maximum atomic E-state index is 13.1. The number of pyridine rings is 1. The summed E-state index contributed by atoms with van der Waals surface area (Å²) >= 11 is 0. The highest BCUT2D eigenvalue weighted by Crippen LogP contribution is 2.27. The van der Waals surface area contributed by atoms with Gasteiger partial charge < -0.3 is 24.4 Å². The van der Waals surface area contributed by atoms with Crippen LogP contribution in [-0.2, 0) is 11.3 Å². The molecule has 0 spiro atoms. The van der Waals surface area contributed by atoms with E-state index >= 15 is 0 Å². The smallest absolute Gasteiger partial charge is 0.410 e. The molecule has 2 amide bonds. The molecular weight excluding hydrogens is 534 g/mol. The molecule has 4 aromatic rings. The van der Waals surface area contributed by atoms with Gasteiger partial charge in [0.15, 0.2) is 5.65 Å². The van der Waals surface area contributed by atoms with Crippen molar-refractivity contribution in [3.63, 3.8) is 0 Å². The third kappa shape index (κ3) is 6.13. The third-order valence-corrected chi connectivity index (χ3v) is 7.72. The second-order valence-electron chi connectivity index (χ2n) is 10.4. The van der Waals surface area contributed by atoms with Gasteiger partial charge in [-0.25, -0.2) is 14.3 Å². The highest BCUT2D eigenvalue weighted by Gasteiger charge is 2.23. The van der Waals surface area contributed by atoms with Crippen LogP contribution in [0.1, 0.15) is 29.3 Å². The van der Waals surface area contributed by atoms with Crippen LogP contribution in [0.2, 0.25) is 0 Å². The van der Waals surface area contributed by atoms with E-state index in [4.69, 9.17) is 9.72 Å². The Labute approximate surface area is 244 Å². The molecule has 0 atom stereocenters. The fraction of sp³-hybridized carbons (Fsp3) is 0.367. The van der Waals surface area contributed by atoms with Crippen molar-refractivity contribution in [3.8, 4) is 0 Å². The number of nitrogens with one attached hydrogen (secondary N) is 1. The topological polar surface area (TPSA) is 113 Å². The van der Waals surface area contributed by atoms with Crippen LogP contribution in [0, 0.1) is 0 Å². The summed E-state index contributed by atoms with van der Waals surface area (Å²) in [5.74, 6) is 0.520. The summed E-state index contributed by atoms with van der Waals surface area (Å²) in [6.45, 7) is 8.28. The molecule has 1 aromatic carbocycles. The Morgan fingerprint density at radius 3 is 2.52 bits per heavy atom. The van der Waals surface area contributed by atoms with E-state index in [2.05, 4.69) is 30.9 Å². The fourth-order valence-electron chi connectivity index (χ4n) is 5.36. The number of hydrogen-bond acceptors (Lipinski definition) is 8. The van der Waals surface area contributed by atoms with Gasteiger partial charge in [0.25, 0.3) is 5.91 Å². The number of benzene rings is 1. The van der Waals surface area contributed by atoms with Crippen LogP contribution >= 0.6 is 0 Å².